The van der Waals surface area contributed by atoms with E-state index in [1.807, 2.05) is 22.9 Å². The van der Waals surface area contributed by atoms with Crippen LogP contribution in [-0.2, 0) is 6.54 Å². The average molecular weight is 272 g/mol. The molecule has 21 heavy (non-hydrogen) atoms. The molecule has 0 amide bonds. The number of terminal acetylenes is 1. The predicted molar refractivity (Wildman–Crippen MR) is 86.7 cm³/mol. The van der Waals surface area contributed by atoms with E-state index in [0.717, 1.165) is 22.5 Å². The summed E-state index contributed by atoms with van der Waals surface area (Å²) < 4.78 is 1.88. The van der Waals surface area contributed by atoms with Crippen LogP contribution in [0.5, 0.6) is 0 Å². The Labute approximate surface area is 125 Å². The molecule has 1 heterocycles. The molecule has 2 aromatic carbocycles. The summed E-state index contributed by atoms with van der Waals surface area (Å²) in [7, 11) is 0. The van der Waals surface area contributed by atoms with Crippen LogP contribution in [0.15, 0.2) is 60.7 Å². The van der Waals surface area contributed by atoms with Gasteiger partial charge in [-0.1, -0.05) is 66.1 Å². The zero-order chi connectivity index (χ0) is 14.7. The lowest BCUT2D eigenvalue weighted by Gasteiger charge is -2.04. The van der Waals surface area contributed by atoms with Crippen LogP contribution < -0.4 is 0 Å². The highest BCUT2D eigenvalue weighted by Gasteiger charge is 2.10. The molecule has 2 nitrogen and oxygen atoms in total. The van der Waals surface area contributed by atoms with Crippen molar-refractivity contribution < 1.29 is 0 Å². The minimum atomic E-state index is 0.468. The zero-order valence-corrected chi connectivity index (χ0v) is 12.0. The Morgan fingerprint density at radius 1 is 1.00 bits per heavy atom. The summed E-state index contributed by atoms with van der Waals surface area (Å²) in [5, 5.41) is 4.64. The standard InChI is InChI=1S/C19H16N2/c1-3-13-21-19(17-11-9-15(2)10-12-17)14-18(20-21)16-7-5-4-6-8-16/h1,4-12,14H,13H2,2H3. The lowest BCUT2D eigenvalue weighted by molar-refractivity contribution is 0.726. The number of nitrogens with zero attached hydrogens (tertiary/aromatic N) is 2. The quantitative estimate of drug-likeness (QED) is 0.655. The van der Waals surface area contributed by atoms with Crippen LogP contribution in [0.2, 0.25) is 0 Å². The molecule has 0 radical (unpaired) electrons. The van der Waals surface area contributed by atoms with Crippen LogP contribution in [0.4, 0.5) is 0 Å². The van der Waals surface area contributed by atoms with Crippen molar-refractivity contribution in [2.75, 3.05) is 0 Å². The monoisotopic (exact) mass is 272 g/mol. The van der Waals surface area contributed by atoms with Gasteiger partial charge in [0.2, 0.25) is 0 Å². The Morgan fingerprint density at radius 3 is 2.38 bits per heavy atom. The Balaban J connectivity index is 2.09. The van der Waals surface area contributed by atoms with Gasteiger partial charge >= 0.3 is 0 Å². The van der Waals surface area contributed by atoms with E-state index in [2.05, 4.69) is 60.4 Å². The third kappa shape index (κ3) is 2.73. The van der Waals surface area contributed by atoms with E-state index >= 15 is 0 Å². The van der Waals surface area contributed by atoms with E-state index in [1.54, 1.807) is 0 Å². The first-order valence-electron chi connectivity index (χ1n) is 6.92. The van der Waals surface area contributed by atoms with E-state index in [4.69, 9.17) is 6.42 Å². The summed E-state index contributed by atoms with van der Waals surface area (Å²) in [5.41, 5.74) is 5.46. The van der Waals surface area contributed by atoms with Crippen molar-refractivity contribution in [1.29, 1.82) is 0 Å². The van der Waals surface area contributed by atoms with Crippen LogP contribution in [0, 0.1) is 19.3 Å². The van der Waals surface area contributed by atoms with Crippen LogP contribution in [0.1, 0.15) is 5.56 Å². The lowest BCUT2D eigenvalue weighted by atomic mass is 10.1. The van der Waals surface area contributed by atoms with Gasteiger partial charge in [0.1, 0.15) is 6.54 Å². The summed E-state index contributed by atoms with van der Waals surface area (Å²) >= 11 is 0. The molecule has 0 unspecified atom stereocenters. The predicted octanol–water partition coefficient (Wildman–Crippen LogP) is 4.16. The molecule has 0 fully saturated rings. The Hall–Kier alpha value is -2.79. The number of aryl methyl sites for hydroxylation is 1. The molecule has 0 bridgehead atoms. The molecule has 3 rings (SSSR count). The molecule has 2 heteroatoms. The molecule has 0 atom stereocenters. The zero-order valence-electron chi connectivity index (χ0n) is 12.0. The Kier molecular flexibility index (Phi) is 3.57. The van der Waals surface area contributed by atoms with Crippen molar-refractivity contribution in [2.45, 2.75) is 13.5 Å². The van der Waals surface area contributed by atoms with E-state index in [9.17, 15) is 0 Å². The number of hydrogen-bond donors (Lipinski definition) is 0. The maximum absolute atomic E-state index is 5.47. The Morgan fingerprint density at radius 2 is 1.71 bits per heavy atom. The summed E-state index contributed by atoms with van der Waals surface area (Å²) in [5.74, 6) is 2.67. The molecule has 0 saturated heterocycles. The van der Waals surface area contributed by atoms with Gasteiger partial charge in [0.05, 0.1) is 11.4 Å². The normalized spacial score (nSPS) is 10.3. The fraction of sp³-hybridized carbons (Fsp3) is 0.105. The van der Waals surface area contributed by atoms with Crippen molar-refractivity contribution in [3.8, 4) is 34.9 Å². The van der Waals surface area contributed by atoms with Gasteiger partial charge in [0.15, 0.2) is 0 Å². The van der Waals surface area contributed by atoms with E-state index in [0.29, 0.717) is 6.54 Å². The molecule has 1 aromatic heterocycles. The van der Waals surface area contributed by atoms with E-state index < -0.39 is 0 Å². The highest BCUT2D eigenvalue weighted by atomic mass is 15.3. The molecular formula is C19H16N2. The third-order valence-electron chi connectivity index (χ3n) is 3.44. The minimum Gasteiger partial charge on any atom is -0.252 e. The molecular weight excluding hydrogens is 256 g/mol. The largest absolute Gasteiger partial charge is 0.252 e. The molecule has 0 aliphatic heterocycles. The molecule has 0 spiro atoms. The van der Waals surface area contributed by atoms with Gasteiger partial charge in [-0.2, -0.15) is 5.10 Å². The average Bonchev–Trinajstić information content (AvgIpc) is 2.93. The first-order valence-corrected chi connectivity index (χ1v) is 6.92. The second-order valence-corrected chi connectivity index (χ2v) is 5.01. The summed E-state index contributed by atoms with van der Waals surface area (Å²) in [6.07, 6.45) is 5.47. The van der Waals surface area contributed by atoms with Gasteiger partial charge in [-0.25, -0.2) is 0 Å². The molecule has 0 aliphatic rings. The third-order valence-corrected chi connectivity index (χ3v) is 3.44. The smallest absolute Gasteiger partial charge is 0.102 e. The van der Waals surface area contributed by atoms with Gasteiger partial charge in [-0.15, -0.1) is 6.42 Å². The summed E-state index contributed by atoms with van der Waals surface area (Å²) in [6.45, 7) is 2.55. The van der Waals surface area contributed by atoms with Gasteiger partial charge in [0.25, 0.3) is 0 Å². The van der Waals surface area contributed by atoms with Crippen LogP contribution in [0.25, 0.3) is 22.5 Å². The van der Waals surface area contributed by atoms with Crippen LogP contribution >= 0.6 is 0 Å². The number of aromatic nitrogens is 2. The SMILES string of the molecule is C#CCn1nc(-c2ccccc2)cc1-c1ccc(C)cc1. The first kappa shape index (κ1) is 13.2. The van der Waals surface area contributed by atoms with Gasteiger partial charge in [-0.05, 0) is 18.6 Å². The lowest BCUT2D eigenvalue weighted by Crippen LogP contribution is -2.00. The van der Waals surface area contributed by atoms with Crippen molar-refractivity contribution in [1.82, 2.24) is 9.78 Å². The van der Waals surface area contributed by atoms with Crippen molar-refractivity contribution in [3.05, 3.63) is 66.2 Å². The first-order chi connectivity index (χ1) is 10.3. The van der Waals surface area contributed by atoms with Gasteiger partial charge < -0.3 is 0 Å². The van der Waals surface area contributed by atoms with Gasteiger partial charge in [0, 0.05) is 5.56 Å². The van der Waals surface area contributed by atoms with E-state index in [1.165, 1.54) is 5.56 Å². The van der Waals surface area contributed by atoms with Crippen molar-refractivity contribution >= 4 is 0 Å². The minimum absolute atomic E-state index is 0.468. The summed E-state index contributed by atoms with van der Waals surface area (Å²) in [6, 6.07) is 20.7. The molecule has 0 saturated carbocycles. The highest BCUT2D eigenvalue weighted by molar-refractivity contribution is 5.69. The molecule has 3 aromatic rings. The summed E-state index contributed by atoms with van der Waals surface area (Å²) in [4.78, 5) is 0. The second kappa shape index (κ2) is 5.68. The van der Waals surface area contributed by atoms with Crippen LogP contribution in [0.3, 0.4) is 0 Å². The highest BCUT2D eigenvalue weighted by Crippen LogP contribution is 2.26. The maximum Gasteiger partial charge on any atom is 0.102 e. The second-order valence-electron chi connectivity index (χ2n) is 5.01. The fourth-order valence-corrected chi connectivity index (χ4v) is 2.33. The van der Waals surface area contributed by atoms with Crippen molar-refractivity contribution in [3.63, 3.8) is 0 Å². The van der Waals surface area contributed by atoms with Crippen LogP contribution in [-0.4, -0.2) is 9.78 Å². The topological polar surface area (TPSA) is 17.8 Å². The van der Waals surface area contributed by atoms with E-state index in [-0.39, 0.29) is 0 Å². The number of benzene rings is 2. The molecule has 0 aliphatic carbocycles. The van der Waals surface area contributed by atoms with Crippen molar-refractivity contribution in [2.24, 2.45) is 0 Å². The molecule has 0 N–H and O–H groups in total. The number of hydrogen-bond acceptors (Lipinski definition) is 1. The van der Waals surface area contributed by atoms with Gasteiger partial charge in [-0.3, -0.25) is 4.68 Å². The maximum atomic E-state index is 5.47. The number of rotatable bonds is 3. The fourth-order valence-electron chi connectivity index (χ4n) is 2.33. The molecule has 102 valence electrons. The Bertz CT molecular complexity index is 775.